The molecule has 0 spiro atoms. The molecule has 1 amide bonds. The molecule has 2 heterocycles. The van der Waals surface area contributed by atoms with Crippen molar-refractivity contribution in [1.82, 2.24) is 24.6 Å². The Morgan fingerprint density at radius 1 is 1.10 bits per heavy atom. The Labute approximate surface area is 171 Å². The third kappa shape index (κ3) is 3.84. The number of benzene rings is 2. The highest BCUT2D eigenvalue weighted by atomic mass is 19.1. The molecule has 0 bridgehead atoms. The Hall–Kier alpha value is -3.81. The number of hydrogen-bond acceptors (Lipinski definition) is 4. The van der Waals surface area contributed by atoms with Crippen molar-refractivity contribution in [3.8, 4) is 5.69 Å². The maximum atomic E-state index is 13.3. The van der Waals surface area contributed by atoms with E-state index in [-0.39, 0.29) is 22.3 Å². The maximum absolute atomic E-state index is 13.3. The zero-order valence-electron chi connectivity index (χ0n) is 16.4. The van der Waals surface area contributed by atoms with Gasteiger partial charge < -0.3 is 9.88 Å². The van der Waals surface area contributed by atoms with Crippen LogP contribution in [0.5, 0.6) is 0 Å². The third-order valence-corrected chi connectivity index (χ3v) is 4.80. The van der Waals surface area contributed by atoms with Gasteiger partial charge in [0.15, 0.2) is 11.2 Å². The van der Waals surface area contributed by atoms with Crippen LogP contribution in [0.2, 0.25) is 0 Å². The van der Waals surface area contributed by atoms with Crippen LogP contribution >= 0.6 is 0 Å². The minimum absolute atomic E-state index is 0.0618. The van der Waals surface area contributed by atoms with Gasteiger partial charge >= 0.3 is 0 Å². The Balaban J connectivity index is 1.60. The molecule has 4 aromatic rings. The van der Waals surface area contributed by atoms with Crippen LogP contribution in [-0.4, -0.2) is 31.8 Å². The summed E-state index contributed by atoms with van der Waals surface area (Å²) in [5.74, 6) is -0.813. The van der Waals surface area contributed by atoms with Gasteiger partial charge in [-0.3, -0.25) is 9.59 Å². The molecule has 0 unspecified atom stereocenters. The highest BCUT2D eigenvalue weighted by Crippen LogP contribution is 2.18. The summed E-state index contributed by atoms with van der Waals surface area (Å²) in [6, 6.07) is 15.5. The van der Waals surface area contributed by atoms with E-state index in [0.717, 1.165) is 12.8 Å². The van der Waals surface area contributed by atoms with Gasteiger partial charge in [0, 0.05) is 13.6 Å². The molecule has 1 N–H and O–H groups in total. The zero-order chi connectivity index (χ0) is 21.1. The van der Waals surface area contributed by atoms with Crippen LogP contribution in [0, 0.1) is 5.82 Å². The molecule has 0 aliphatic rings. The van der Waals surface area contributed by atoms with Crippen LogP contribution in [-0.2, 0) is 13.5 Å². The lowest BCUT2D eigenvalue weighted by molar-refractivity contribution is 0.0949. The normalized spacial score (nSPS) is 11.0. The first kappa shape index (κ1) is 19.5. The summed E-state index contributed by atoms with van der Waals surface area (Å²) < 4.78 is 16.0. The van der Waals surface area contributed by atoms with Crippen LogP contribution in [0.15, 0.2) is 65.7 Å². The summed E-state index contributed by atoms with van der Waals surface area (Å²) in [6.07, 6.45) is 2.96. The predicted molar refractivity (Wildman–Crippen MR) is 111 cm³/mol. The number of rotatable bonds is 6. The Kier molecular flexibility index (Phi) is 5.38. The molecule has 0 saturated heterocycles. The van der Waals surface area contributed by atoms with E-state index < -0.39 is 11.7 Å². The lowest BCUT2D eigenvalue weighted by atomic mass is 10.1. The lowest BCUT2D eigenvalue weighted by Gasteiger charge is -2.04. The Bertz CT molecular complexity index is 1250. The molecule has 30 heavy (non-hydrogen) atoms. The molecular weight excluding hydrogens is 385 g/mol. The SMILES string of the molecule is Cn1cnc2c(C(=O)NCCCc3ccccc3)nn(-c3ccc(F)cc3)c2c1=O. The second kappa shape index (κ2) is 8.28. The topological polar surface area (TPSA) is 81.8 Å². The number of amides is 1. The van der Waals surface area contributed by atoms with Crippen LogP contribution in [0.25, 0.3) is 16.7 Å². The van der Waals surface area contributed by atoms with Crippen LogP contribution < -0.4 is 10.9 Å². The van der Waals surface area contributed by atoms with Gasteiger partial charge in [0.25, 0.3) is 11.5 Å². The van der Waals surface area contributed by atoms with Gasteiger partial charge in [-0.1, -0.05) is 30.3 Å². The summed E-state index contributed by atoms with van der Waals surface area (Å²) >= 11 is 0. The second-order valence-electron chi connectivity index (χ2n) is 6.94. The van der Waals surface area contributed by atoms with Crippen molar-refractivity contribution in [3.05, 3.63) is 88.4 Å². The molecular formula is C22H20FN5O2. The standard InChI is InChI=1S/C22H20FN5O2/c1-27-14-25-18-19(21(29)24-13-5-8-15-6-3-2-4-7-15)26-28(20(18)22(27)30)17-11-9-16(23)10-12-17/h2-4,6-7,9-12,14H,5,8,13H2,1H3,(H,24,29). The van der Waals surface area contributed by atoms with E-state index in [0.29, 0.717) is 12.2 Å². The lowest BCUT2D eigenvalue weighted by Crippen LogP contribution is -2.25. The minimum atomic E-state index is -0.408. The first-order chi connectivity index (χ1) is 14.5. The molecule has 0 atom stereocenters. The smallest absolute Gasteiger partial charge is 0.279 e. The van der Waals surface area contributed by atoms with Crippen LogP contribution in [0.4, 0.5) is 4.39 Å². The second-order valence-corrected chi connectivity index (χ2v) is 6.94. The van der Waals surface area contributed by atoms with Crippen molar-refractivity contribution < 1.29 is 9.18 Å². The van der Waals surface area contributed by atoms with Gasteiger partial charge in [0.05, 0.1) is 12.0 Å². The molecule has 0 fully saturated rings. The zero-order valence-corrected chi connectivity index (χ0v) is 16.4. The molecule has 2 aromatic carbocycles. The van der Waals surface area contributed by atoms with Crippen LogP contribution in [0.1, 0.15) is 22.5 Å². The summed E-state index contributed by atoms with van der Waals surface area (Å²) in [5.41, 5.74) is 1.76. The van der Waals surface area contributed by atoms with Gasteiger partial charge in [0.1, 0.15) is 11.3 Å². The quantitative estimate of drug-likeness (QED) is 0.500. The van der Waals surface area contributed by atoms with Crippen LogP contribution in [0.3, 0.4) is 0 Å². The minimum Gasteiger partial charge on any atom is -0.351 e. The van der Waals surface area contributed by atoms with Crippen molar-refractivity contribution in [2.24, 2.45) is 7.05 Å². The molecule has 0 saturated carbocycles. The van der Waals surface area contributed by atoms with E-state index in [1.807, 2.05) is 30.3 Å². The number of nitrogens with zero attached hydrogens (tertiary/aromatic N) is 4. The van der Waals surface area contributed by atoms with Crippen molar-refractivity contribution in [3.63, 3.8) is 0 Å². The highest BCUT2D eigenvalue weighted by molar-refractivity contribution is 6.03. The number of nitrogens with one attached hydrogen (secondary N) is 1. The number of hydrogen-bond donors (Lipinski definition) is 1. The third-order valence-electron chi connectivity index (χ3n) is 4.80. The molecule has 4 rings (SSSR count). The largest absolute Gasteiger partial charge is 0.351 e. The molecule has 0 aliphatic heterocycles. The summed E-state index contributed by atoms with van der Waals surface area (Å²) in [5, 5.41) is 7.18. The monoisotopic (exact) mass is 405 g/mol. The van der Waals surface area contributed by atoms with Crippen molar-refractivity contribution in [1.29, 1.82) is 0 Å². The van der Waals surface area contributed by atoms with E-state index in [1.165, 1.54) is 45.4 Å². The summed E-state index contributed by atoms with van der Waals surface area (Å²) in [6.45, 7) is 0.462. The van der Waals surface area contributed by atoms with Gasteiger partial charge in [-0.2, -0.15) is 5.10 Å². The summed E-state index contributed by atoms with van der Waals surface area (Å²) in [7, 11) is 1.57. The van der Waals surface area contributed by atoms with Gasteiger partial charge in [-0.05, 0) is 42.7 Å². The predicted octanol–water partition coefficient (Wildman–Crippen LogP) is 2.62. The number of carbonyl (C=O) groups excluding carboxylic acids is 1. The summed E-state index contributed by atoms with van der Waals surface area (Å²) in [4.78, 5) is 29.7. The first-order valence-electron chi connectivity index (χ1n) is 9.57. The van der Waals surface area contributed by atoms with Gasteiger partial charge in [-0.15, -0.1) is 0 Å². The van der Waals surface area contributed by atoms with E-state index in [4.69, 9.17) is 0 Å². The average Bonchev–Trinajstić information content (AvgIpc) is 3.15. The van der Waals surface area contributed by atoms with Crippen molar-refractivity contribution in [2.45, 2.75) is 12.8 Å². The van der Waals surface area contributed by atoms with E-state index in [9.17, 15) is 14.0 Å². The molecule has 8 heteroatoms. The first-order valence-corrected chi connectivity index (χ1v) is 9.57. The Morgan fingerprint density at radius 3 is 2.57 bits per heavy atom. The van der Waals surface area contributed by atoms with Gasteiger partial charge in [0.2, 0.25) is 0 Å². The average molecular weight is 405 g/mol. The number of carbonyl (C=O) groups is 1. The molecule has 152 valence electrons. The Morgan fingerprint density at radius 2 is 1.83 bits per heavy atom. The molecule has 0 aliphatic carbocycles. The fourth-order valence-electron chi connectivity index (χ4n) is 3.23. The molecule has 2 aromatic heterocycles. The highest BCUT2D eigenvalue weighted by Gasteiger charge is 2.22. The maximum Gasteiger partial charge on any atom is 0.279 e. The van der Waals surface area contributed by atoms with E-state index in [2.05, 4.69) is 15.4 Å². The molecule has 0 radical (unpaired) electrons. The van der Waals surface area contributed by atoms with Crippen molar-refractivity contribution >= 4 is 16.9 Å². The fourth-order valence-corrected chi connectivity index (χ4v) is 3.23. The molecule has 7 nitrogen and oxygen atoms in total. The fraction of sp³-hybridized carbons (Fsp3) is 0.182. The van der Waals surface area contributed by atoms with Gasteiger partial charge in [-0.25, -0.2) is 14.1 Å². The number of halogens is 1. The van der Waals surface area contributed by atoms with E-state index >= 15 is 0 Å². The number of aryl methyl sites for hydroxylation is 2. The van der Waals surface area contributed by atoms with E-state index in [1.54, 1.807) is 7.05 Å². The van der Waals surface area contributed by atoms with Crippen molar-refractivity contribution in [2.75, 3.05) is 6.54 Å². The number of fused-ring (bicyclic) bond motifs is 1. The number of aromatic nitrogens is 4.